The maximum atomic E-state index is 13.6. The molecule has 34 heavy (non-hydrogen) atoms. The van der Waals surface area contributed by atoms with E-state index in [0.29, 0.717) is 13.2 Å². The molecule has 3 rings (SSSR count). The molecule has 2 atom stereocenters. The van der Waals surface area contributed by atoms with E-state index in [1.165, 1.54) is 7.11 Å². The van der Waals surface area contributed by atoms with Gasteiger partial charge in [-0.25, -0.2) is 4.79 Å². The second-order valence-corrected chi connectivity index (χ2v) is 7.82. The summed E-state index contributed by atoms with van der Waals surface area (Å²) in [5, 5.41) is 7.14. The summed E-state index contributed by atoms with van der Waals surface area (Å²) >= 11 is 0. The lowest BCUT2D eigenvalue weighted by Gasteiger charge is -2.40. The molecule has 3 aromatic carbocycles. The van der Waals surface area contributed by atoms with Gasteiger partial charge in [-0.15, -0.1) is 5.92 Å². The van der Waals surface area contributed by atoms with Crippen LogP contribution in [0, 0.1) is 11.8 Å². The van der Waals surface area contributed by atoms with E-state index in [9.17, 15) is 4.79 Å². The van der Waals surface area contributed by atoms with E-state index < -0.39 is 11.6 Å². The number of esters is 1. The summed E-state index contributed by atoms with van der Waals surface area (Å²) in [6.07, 6.45) is 0.861. The van der Waals surface area contributed by atoms with E-state index >= 15 is 0 Å². The monoisotopic (exact) mass is 456 g/mol. The van der Waals surface area contributed by atoms with Crippen LogP contribution in [0.4, 0.5) is 5.69 Å². The molecular formula is C29H32N2O3. The van der Waals surface area contributed by atoms with Gasteiger partial charge in [0, 0.05) is 5.69 Å². The summed E-state index contributed by atoms with van der Waals surface area (Å²) in [6, 6.07) is 26.9. The molecule has 0 saturated carbocycles. The van der Waals surface area contributed by atoms with Crippen LogP contribution in [-0.2, 0) is 15.1 Å². The highest BCUT2D eigenvalue weighted by molar-refractivity contribution is 5.85. The van der Waals surface area contributed by atoms with Crippen molar-refractivity contribution in [2.24, 2.45) is 0 Å². The van der Waals surface area contributed by atoms with Crippen molar-refractivity contribution in [3.05, 3.63) is 96.1 Å². The highest BCUT2D eigenvalue weighted by Crippen LogP contribution is 2.39. The topological polar surface area (TPSA) is 59.6 Å². The van der Waals surface area contributed by atoms with Crippen molar-refractivity contribution in [1.82, 2.24) is 5.32 Å². The number of benzene rings is 3. The van der Waals surface area contributed by atoms with E-state index in [0.717, 1.165) is 29.0 Å². The zero-order chi connectivity index (χ0) is 24.2. The summed E-state index contributed by atoms with van der Waals surface area (Å²) in [5.74, 6) is 6.09. The molecular weight excluding hydrogens is 424 g/mol. The first-order chi connectivity index (χ1) is 16.7. The fourth-order valence-electron chi connectivity index (χ4n) is 3.96. The van der Waals surface area contributed by atoms with Gasteiger partial charge in [0.25, 0.3) is 0 Å². The van der Waals surface area contributed by atoms with E-state index in [4.69, 9.17) is 9.47 Å². The van der Waals surface area contributed by atoms with Crippen LogP contribution in [0.5, 0.6) is 5.75 Å². The van der Waals surface area contributed by atoms with E-state index in [1.807, 2.05) is 84.9 Å². The van der Waals surface area contributed by atoms with Gasteiger partial charge >= 0.3 is 5.97 Å². The van der Waals surface area contributed by atoms with Gasteiger partial charge in [-0.3, -0.25) is 5.32 Å². The normalized spacial score (nSPS) is 13.0. The molecule has 0 aliphatic rings. The molecule has 5 nitrogen and oxygen atoms in total. The summed E-state index contributed by atoms with van der Waals surface area (Å²) < 4.78 is 11.1. The van der Waals surface area contributed by atoms with Gasteiger partial charge in [0.15, 0.2) is 5.54 Å². The number of nitrogens with one attached hydrogen (secondary N) is 2. The first kappa shape index (κ1) is 24.9. The lowest BCUT2D eigenvalue weighted by atomic mass is 9.78. The Kier molecular flexibility index (Phi) is 9.13. The molecule has 0 spiro atoms. The molecule has 0 heterocycles. The highest BCUT2D eigenvalue weighted by Gasteiger charge is 2.49. The average Bonchev–Trinajstić information content (AvgIpc) is 2.90. The standard InChI is InChI=1S/C29H32N2O3/c1-4-6-22-34-26-19-17-25(18-20-26)31-27(23-13-9-7-10-14-23)29(28(32)33-3,30-21-5-2)24-15-11-8-12-16-24/h7-20,27,30-31H,5,21-22H2,1-3H3/t27-,29-/m0/s1. The third-order valence-electron chi connectivity index (χ3n) is 5.61. The minimum absolute atomic E-state index is 0.344. The lowest BCUT2D eigenvalue weighted by Crippen LogP contribution is -2.56. The van der Waals surface area contributed by atoms with Crippen LogP contribution in [-0.4, -0.2) is 26.2 Å². The zero-order valence-corrected chi connectivity index (χ0v) is 20.0. The number of hydrogen-bond acceptors (Lipinski definition) is 5. The van der Waals surface area contributed by atoms with Crippen LogP contribution in [0.25, 0.3) is 0 Å². The predicted molar refractivity (Wildman–Crippen MR) is 137 cm³/mol. The number of rotatable bonds is 11. The number of carbonyl (C=O) groups is 1. The largest absolute Gasteiger partial charge is 0.481 e. The molecule has 0 aliphatic heterocycles. The van der Waals surface area contributed by atoms with Gasteiger partial charge in [0.05, 0.1) is 13.2 Å². The number of carbonyl (C=O) groups excluding carboxylic acids is 1. The van der Waals surface area contributed by atoms with Gasteiger partial charge in [-0.1, -0.05) is 73.5 Å². The molecule has 0 radical (unpaired) electrons. The minimum atomic E-state index is -1.15. The second-order valence-electron chi connectivity index (χ2n) is 7.82. The Morgan fingerprint density at radius 3 is 2.21 bits per heavy atom. The zero-order valence-electron chi connectivity index (χ0n) is 20.0. The quantitative estimate of drug-likeness (QED) is 0.302. The van der Waals surface area contributed by atoms with Crippen molar-refractivity contribution >= 4 is 11.7 Å². The van der Waals surface area contributed by atoms with Crippen molar-refractivity contribution in [3.63, 3.8) is 0 Å². The van der Waals surface area contributed by atoms with Crippen LogP contribution >= 0.6 is 0 Å². The number of anilines is 1. The lowest BCUT2D eigenvalue weighted by molar-refractivity contribution is -0.150. The fraction of sp³-hybridized carbons (Fsp3) is 0.276. The van der Waals surface area contributed by atoms with Gasteiger partial charge in [0.1, 0.15) is 12.4 Å². The van der Waals surface area contributed by atoms with Crippen LogP contribution in [0.3, 0.4) is 0 Å². The molecule has 0 aliphatic carbocycles. The summed E-state index contributed by atoms with van der Waals surface area (Å²) in [7, 11) is 1.43. The van der Waals surface area contributed by atoms with E-state index in [1.54, 1.807) is 6.92 Å². The van der Waals surface area contributed by atoms with Gasteiger partial charge in [0.2, 0.25) is 0 Å². The second kappa shape index (κ2) is 12.5. The number of ether oxygens (including phenoxy) is 2. The number of hydrogen-bond donors (Lipinski definition) is 2. The Morgan fingerprint density at radius 2 is 1.62 bits per heavy atom. The fourth-order valence-corrected chi connectivity index (χ4v) is 3.96. The van der Waals surface area contributed by atoms with Crippen molar-refractivity contribution in [2.75, 3.05) is 25.6 Å². The molecule has 0 fully saturated rings. The summed E-state index contributed by atoms with van der Waals surface area (Å²) in [6.45, 7) is 4.84. The first-order valence-corrected chi connectivity index (χ1v) is 11.5. The van der Waals surface area contributed by atoms with Gasteiger partial charge < -0.3 is 14.8 Å². The third kappa shape index (κ3) is 5.78. The molecule has 0 aromatic heterocycles. The molecule has 0 amide bonds. The van der Waals surface area contributed by atoms with Crippen LogP contribution in [0.15, 0.2) is 84.9 Å². The molecule has 2 N–H and O–H groups in total. The summed E-state index contributed by atoms with van der Waals surface area (Å²) in [5.41, 5.74) is 1.48. The van der Waals surface area contributed by atoms with E-state index in [-0.39, 0.29) is 5.97 Å². The Hall–Kier alpha value is -3.75. The van der Waals surface area contributed by atoms with Crippen molar-refractivity contribution in [2.45, 2.75) is 31.8 Å². The third-order valence-corrected chi connectivity index (χ3v) is 5.61. The molecule has 5 heteroatoms. The van der Waals surface area contributed by atoms with Crippen molar-refractivity contribution in [1.29, 1.82) is 0 Å². The highest BCUT2D eigenvalue weighted by atomic mass is 16.5. The van der Waals surface area contributed by atoms with E-state index in [2.05, 4.69) is 29.4 Å². The van der Waals surface area contributed by atoms with Gasteiger partial charge in [-0.05, 0) is 55.3 Å². The predicted octanol–water partition coefficient (Wildman–Crippen LogP) is 5.31. The SMILES string of the molecule is CC#CCOc1ccc(N[C@@H](c2ccccc2)[C@](NCCC)(C(=O)OC)c2ccccc2)cc1. The molecule has 3 aromatic rings. The Labute approximate surface area is 202 Å². The van der Waals surface area contributed by atoms with Crippen LogP contribution < -0.4 is 15.4 Å². The van der Waals surface area contributed by atoms with Crippen molar-refractivity contribution < 1.29 is 14.3 Å². The Balaban J connectivity index is 2.09. The smallest absolute Gasteiger partial charge is 0.333 e. The average molecular weight is 457 g/mol. The Morgan fingerprint density at radius 1 is 0.971 bits per heavy atom. The minimum Gasteiger partial charge on any atom is -0.481 e. The number of methoxy groups -OCH3 is 1. The maximum Gasteiger partial charge on any atom is 0.333 e. The molecule has 0 bridgehead atoms. The molecule has 0 saturated heterocycles. The van der Waals surface area contributed by atoms with Crippen molar-refractivity contribution in [3.8, 4) is 17.6 Å². The van der Waals surface area contributed by atoms with Crippen LogP contribution in [0.1, 0.15) is 37.4 Å². The molecule has 176 valence electrons. The summed E-state index contributed by atoms with van der Waals surface area (Å²) in [4.78, 5) is 13.6. The Bertz CT molecular complexity index is 1090. The first-order valence-electron chi connectivity index (χ1n) is 11.5. The molecule has 0 unspecified atom stereocenters. The van der Waals surface area contributed by atoms with Gasteiger partial charge in [-0.2, -0.15) is 0 Å². The van der Waals surface area contributed by atoms with Crippen LogP contribution in [0.2, 0.25) is 0 Å². The maximum absolute atomic E-state index is 13.6.